The maximum absolute atomic E-state index is 13.7. The Morgan fingerprint density at radius 3 is 2.42 bits per heavy atom. The molecule has 1 aromatic heterocycles. The molecular formula is C26H23FN4O2. The second-order valence-corrected chi connectivity index (χ2v) is 8.94. The van der Waals surface area contributed by atoms with E-state index in [1.54, 1.807) is 35.0 Å². The van der Waals surface area contributed by atoms with Gasteiger partial charge in [-0.1, -0.05) is 30.3 Å². The van der Waals surface area contributed by atoms with Crippen LogP contribution in [0.3, 0.4) is 0 Å². The number of amides is 2. The number of rotatable bonds is 3. The van der Waals surface area contributed by atoms with Crippen molar-refractivity contribution in [1.29, 1.82) is 0 Å². The average Bonchev–Trinajstić information content (AvgIpc) is 3.62. The lowest BCUT2D eigenvalue weighted by atomic mass is 9.98. The number of hydrogen-bond acceptors (Lipinski definition) is 4. The van der Waals surface area contributed by atoms with Crippen molar-refractivity contribution in [2.24, 2.45) is 0 Å². The SMILES string of the molecule is CC1C(=O)N(C)c2ccc(N3C(=O)c4ccccc4C3c3ccc(F)cc3)nc2N1C1CC1. The van der Waals surface area contributed by atoms with Gasteiger partial charge < -0.3 is 9.80 Å². The Morgan fingerprint density at radius 2 is 1.70 bits per heavy atom. The molecule has 3 aromatic rings. The van der Waals surface area contributed by atoms with Crippen LogP contribution in [0, 0.1) is 5.82 Å². The molecule has 7 heteroatoms. The Kier molecular flexibility index (Phi) is 4.30. The van der Waals surface area contributed by atoms with Gasteiger partial charge in [-0.05, 0) is 61.2 Å². The number of nitrogens with zero attached hydrogens (tertiary/aromatic N) is 4. The number of carbonyl (C=O) groups excluding carboxylic acids is 2. The molecule has 166 valence electrons. The molecule has 0 N–H and O–H groups in total. The van der Waals surface area contributed by atoms with Gasteiger partial charge >= 0.3 is 0 Å². The highest BCUT2D eigenvalue weighted by atomic mass is 19.1. The number of pyridine rings is 1. The van der Waals surface area contributed by atoms with E-state index in [2.05, 4.69) is 4.90 Å². The molecule has 0 bridgehead atoms. The summed E-state index contributed by atoms with van der Waals surface area (Å²) in [4.78, 5) is 36.7. The number of anilines is 3. The fraction of sp³-hybridized carbons (Fsp3) is 0.269. The zero-order valence-electron chi connectivity index (χ0n) is 18.4. The summed E-state index contributed by atoms with van der Waals surface area (Å²) in [5.74, 6) is 0.823. The maximum atomic E-state index is 13.7. The predicted octanol–water partition coefficient (Wildman–Crippen LogP) is 4.30. The summed E-state index contributed by atoms with van der Waals surface area (Å²) in [6.45, 7) is 1.91. The fourth-order valence-electron chi connectivity index (χ4n) is 5.09. The van der Waals surface area contributed by atoms with E-state index in [9.17, 15) is 14.0 Å². The van der Waals surface area contributed by atoms with Crippen LogP contribution in [0.2, 0.25) is 0 Å². The van der Waals surface area contributed by atoms with Gasteiger partial charge in [0, 0.05) is 18.7 Å². The molecule has 1 saturated carbocycles. The first kappa shape index (κ1) is 19.9. The molecule has 6 rings (SSSR count). The Balaban J connectivity index is 1.50. The minimum Gasteiger partial charge on any atom is -0.340 e. The van der Waals surface area contributed by atoms with Crippen LogP contribution in [0.4, 0.5) is 21.7 Å². The van der Waals surface area contributed by atoms with Crippen molar-refractivity contribution in [3.05, 3.63) is 83.2 Å². The molecule has 0 spiro atoms. The average molecular weight is 442 g/mol. The van der Waals surface area contributed by atoms with Gasteiger partial charge in [0.15, 0.2) is 5.82 Å². The van der Waals surface area contributed by atoms with Crippen molar-refractivity contribution < 1.29 is 14.0 Å². The first-order chi connectivity index (χ1) is 16.0. The third kappa shape index (κ3) is 2.95. The van der Waals surface area contributed by atoms with E-state index >= 15 is 0 Å². The summed E-state index contributed by atoms with van der Waals surface area (Å²) in [7, 11) is 1.77. The molecule has 2 aliphatic heterocycles. The third-order valence-electron chi connectivity index (χ3n) is 6.89. The predicted molar refractivity (Wildman–Crippen MR) is 124 cm³/mol. The molecular weight excluding hydrogens is 419 g/mol. The zero-order chi connectivity index (χ0) is 22.9. The van der Waals surface area contributed by atoms with Crippen LogP contribution in [-0.2, 0) is 4.79 Å². The molecule has 1 fully saturated rings. The molecule has 3 aliphatic rings. The summed E-state index contributed by atoms with van der Waals surface area (Å²) < 4.78 is 13.7. The molecule has 2 amide bonds. The van der Waals surface area contributed by atoms with Crippen molar-refractivity contribution in [3.63, 3.8) is 0 Å². The molecule has 0 saturated heterocycles. The van der Waals surface area contributed by atoms with Crippen LogP contribution in [0.15, 0.2) is 60.7 Å². The number of aromatic nitrogens is 1. The Morgan fingerprint density at radius 1 is 0.970 bits per heavy atom. The highest BCUT2D eigenvalue weighted by molar-refractivity contribution is 6.12. The van der Waals surface area contributed by atoms with Gasteiger partial charge in [0.05, 0.1) is 11.7 Å². The summed E-state index contributed by atoms with van der Waals surface area (Å²) in [5, 5.41) is 0. The third-order valence-corrected chi connectivity index (χ3v) is 6.89. The Bertz CT molecular complexity index is 1290. The van der Waals surface area contributed by atoms with Gasteiger partial charge in [-0.15, -0.1) is 0 Å². The van der Waals surface area contributed by atoms with E-state index in [0.717, 1.165) is 35.5 Å². The summed E-state index contributed by atoms with van der Waals surface area (Å²) in [6, 6.07) is 17.0. The smallest absolute Gasteiger partial charge is 0.260 e. The quantitative estimate of drug-likeness (QED) is 0.607. The molecule has 2 atom stereocenters. The van der Waals surface area contributed by atoms with E-state index in [1.165, 1.54) is 12.1 Å². The second-order valence-electron chi connectivity index (χ2n) is 8.94. The number of fused-ring (bicyclic) bond motifs is 2. The van der Waals surface area contributed by atoms with Gasteiger partial charge in [-0.3, -0.25) is 14.5 Å². The van der Waals surface area contributed by atoms with E-state index in [0.29, 0.717) is 17.4 Å². The molecule has 3 heterocycles. The summed E-state index contributed by atoms with van der Waals surface area (Å²) >= 11 is 0. The number of likely N-dealkylation sites (N-methyl/N-ethyl adjacent to an activating group) is 1. The van der Waals surface area contributed by atoms with Gasteiger partial charge in [-0.2, -0.15) is 0 Å². The molecule has 2 aromatic carbocycles. The second kappa shape index (κ2) is 7.13. The number of benzene rings is 2. The van der Waals surface area contributed by atoms with Crippen molar-refractivity contribution in [1.82, 2.24) is 4.98 Å². The summed E-state index contributed by atoms with van der Waals surface area (Å²) in [5.41, 5.74) is 3.05. The lowest BCUT2D eigenvalue weighted by Crippen LogP contribution is -2.52. The topological polar surface area (TPSA) is 56.8 Å². The van der Waals surface area contributed by atoms with E-state index < -0.39 is 6.04 Å². The highest BCUT2D eigenvalue weighted by Crippen LogP contribution is 2.45. The molecule has 2 unspecified atom stereocenters. The van der Waals surface area contributed by atoms with E-state index in [4.69, 9.17) is 4.98 Å². The van der Waals surface area contributed by atoms with Crippen LogP contribution in [0.1, 0.15) is 47.3 Å². The van der Waals surface area contributed by atoms with Crippen molar-refractivity contribution in [2.45, 2.75) is 37.9 Å². The van der Waals surface area contributed by atoms with E-state index in [-0.39, 0.29) is 23.7 Å². The van der Waals surface area contributed by atoms with Gasteiger partial charge in [-0.25, -0.2) is 9.37 Å². The van der Waals surface area contributed by atoms with Gasteiger partial charge in [0.25, 0.3) is 5.91 Å². The standard InChI is InChI=1S/C26H23FN4O2/c1-15-25(32)29(2)21-13-14-22(28-24(21)30(15)18-11-12-18)31-23(16-7-9-17(27)10-8-16)19-5-3-4-6-20(19)26(31)33/h3-10,13-15,18,23H,11-12H2,1-2H3. The van der Waals surface area contributed by atoms with Crippen LogP contribution in [0.25, 0.3) is 0 Å². The molecule has 1 aliphatic carbocycles. The number of halogens is 1. The first-order valence-corrected chi connectivity index (χ1v) is 11.2. The first-order valence-electron chi connectivity index (χ1n) is 11.2. The monoisotopic (exact) mass is 442 g/mol. The lowest BCUT2D eigenvalue weighted by molar-refractivity contribution is -0.119. The van der Waals surface area contributed by atoms with Crippen LogP contribution < -0.4 is 14.7 Å². The van der Waals surface area contributed by atoms with Gasteiger partial charge in [0.1, 0.15) is 17.7 Å². The summed E-state index contributed by atoms with van der Waals surface area (Å²) in [6.07, 6.45) is 2.05. The van der Waals surface area contributed by atoms with E-state index in [1.807, 2.05) is 37.3 Å². The maximum Gasteiger partial charge on any atom is 0.260 e. The molecule has 6 nitrogen and oxygen atoms in total. The largest absolute Gasteiger partial charge is 0.340 e. The molecule has 33 heavy (non-hydrogen) atoms. The Hall–Kier alpha value is -3.74. The van der Waals surface area contributed by atoms with Gasteiger partial charge in [0.2, 0.25) is 5.91 Å². The van der Waals surface area contributed by atoms with Crippen molar-refractivity contribution >= 4 is 29.1 Å². The highest BCUT2D eigenvalue weighted by Gasteiger charge is 2.44. The van der Waals surface area contributed by atoms with Crippen LogP contribution in [-0.4, -0.2) is 35.9 Å². The number of hydrogen-bond donors (Lipinski definition) is 0. The fourth-order valence-corrected chi connectivity index (χ4v) is 5.09. The van der Waals surface area contributed by atoms with Crippen molar-refractivity contribution in [3.8, 4) is 0 Å². The lowest BCUT2D eigenvalue weighted by Gasteiger charge is -2.40. The minimum absolute atomic E-state index is 0.0396. The minimum atomic E-state index is -0.408. The zero-order valence-corrected chi connectivity index (χ0v) is 18.4. The number of carbonyl (C=O) groups is 2. The Labute approximate surface area is 191 Å². The van der Waals surface area contributed by atoms with Crippen molar-refractivity contribution in [2.75, 3.05) is 21.7 Å². The molecule has 0 radical (unpaired) electrons. The van der Waals surface area contributed by atoms with Crippen LogP contribution >= 0.6 is 0 Å². The van der Waals surface area contributed by atoms with Crippen LogP contribution in [0.5, 0.6) is 0 Å². The normalized spacial score (nSPS) is 22.0.